The summed E-state index contributed by atoms with van der Waals surface area (Å²) >= 11 is 0. The fourth-order valence-corrected chi connectivity index (χ4v) is 9.00. The van der Waals surface area contributed by atoms with E-state index in [-0.39, 0.29) is 32.0 Å². The molecule has 0 bridgehead atoms. The van der Waals surface area contributed by atoms with Crippen LogP contribution in [0.5, 0.6) is 0 Å². The fraction of sp³-hybridized carbons (Fsp3) is 0.833. The Morgan fingerprint density at radius 3 is 1.16 bits per heavy atom. The summed E-state index contributed by atoms with van der Waals surface area (Å²) in [5.41, 5.74) is 0. The van der Waals surface area contributed by atoms with Gasteiger partial charge in [-0.3, -0.25) is 18.6 Å². The van der Waals surface area contributed by atoms with Crippen LogP contribution < -0.4 is 0 Å². The van der Waals surface area contributed by atoms with Crippen molar-refractivity contribution in [3.63, 3.8) is 0 Å². The largest absolute Gasteiger partial charge is 0.472 e. The van der Waals surface area contributed by atoms with E-state index in [2.05, 4.69) is 62.5 Å². The van der Waals surface area contributed by atoms with Gasteiger partial charge in [0.2, 0.25) is 0 Å². The number of likely N-dealkylation sites (N-methyl/N-ethyl adjacent to an activating group) is 1. The second-order valence-corrected chi connectivity index (χ2v) is 22.5. The lowest BCUT2D eigenvalue weighted by Crippen LogP contribution is -2.37. The van der Waals surface area contributed by atoms with E-state index in [1.807, 2.05) is 21.1 Å². The van der Waals surface area contributed by atoms with Gasteiger partial charge in [-0.15, -0.1) is 0 Å². The molecule has 0 saturated carbocycles. The van der Waals surface area contributed by atoms with Crippen LogP contribution in [-0.4, -0.2) is 74.9 Å². The van der Waals surface area contributed by atoms with Gasteiger partial charge in [-0.05, 0) is 77.0 Å². The Kier molecular flexibility index (Phi) is 50.4. The van der Waals surface area contributed by atoms with Crippen molar-refractivity contribution in [1.29, 1.82) is 0 Å². The van der Waals surface area contributed by atoms with Crippen LogP contribution >= 0.6 is 7.82 Å². The maximum Gasteiger partial charge on any atom is 0.472 e. The van der Waals surface area contributed by atoms with E-state index in [1.165, 1.54) is 167 Å². The average molecular weight is 1010 g/mol. The van der Waals surface area contributed by atoms with Gasteiger partial charge in [0, 0.05) is 12.8 Å². The molecule has 0 spiro atoms. The normalized spacial score (nSPS) is 13.6. The van der Waals surface area contributed by atoms with E-state index in [4.69, 9.17) is 18.5 Å². The molecular weight excluding hydrogens is 894 g/mol. The molecule has 0 heterocycles. The van der Waals surface area contributed by atoms with Gasteiger partial charge in [0.15, 0.2) is 6.10 Å². The quantitative estimate of drug-likeness (QED) is 0.0211. The number of phosphoric acid groups is 1. The number of hydrogen-bond donors (Lipinski definition) is 1. The zero-order valence-corrected chi connectivity index (χ0v) is 47.4. The summed E-state index contributed by atoms with van der Waals surface area (Å²) in [5, 5.41) is 0. The molecule has 70 heavy (non-hydrogen) atoms. The van der Waals surface area contributed by atoms with Gasteiger partial charge in [0.25, 0.3) is 0 Å². The van der Waals surface area contributed by atoms with Gasteiger partial charge in [-0.1, -0.05) is 229 Å². The second kappa shape index (κ2) is 51.9. The molecule has 0 aliphatic rings. The van der Waals surface area contributed by atoms with E-state index >= 15 is 0 Å². The Bertz CT molecular complexity index is 1320. The highest BCUT2D eigenvalue weighted by molar-refractivity contribution is 7.47. The number of esters is 2. The molecule has 0 rings (SSSR count). The van der Waals surface area contributed by atoms with Gasteiger partial charge >= 0.3 is 19.8 Å². The van der Waals surface area contributed by atoms with Gasteiger partial charge in [0.05, 0.1) is 27.7 Å². The zero-order chi connectivity index (χ0) is 51.3. The third-order valence-electron chi connectivity index (χ3n) is 12.8. The molecule has 0 aliphatic carbocycles. The predicted molar refractivity (Wildman–Crippen MR) is 298 cm³/mol. The minimum atomic E-state index is -4.39. The lowest BCUT2D eigenvalue weighted by molar-refractivity contribution is -0.870. The van der Waals surface area contributed by atoms with E-state index in [9.17, 15) is 19.0 Å². The number of carbonyl (C=O) groups is 2. The monoisotopic (exact) mass is 1010 g/mol. The van der Waals surface area contributed by atoms with Crippen LogP contribution in [0.1, 0.15) is 271 Å². The molecule has 0 fully saturated rings. The Balaban J connectivity index is 4.17. The average Bonchev–Trinajstić information content (AvgIpc) is 3.32. The second-order valence-electron chi connectivity index (χ2n) is 21.0. The summed E-state index contributed by atoms with van der Waals surface area (Å²) in [6, 6.07) is 0. The summed E-state index contributed by atoms with van der Waals surface area (Å²) in [4.78, 5) is 35.7. The lowest BCUT2D eigenvalue weighted by Gasteiger charge is -2.24. The third-order valence-corrected chi connectivity index (χ3v) is 13.8. The zero-order valence-electron chi connectivity index (χ0n) is 46.5. The first-order valence-electron chi connectivity index (χ1n) is 29.4. The number of carbonyl (C=O) groups excluding carboxylic acids is 2. The minimum absolute atomic E-state index is 0.0285. The van der Waals surface area contributed by atoms with Crippen LogP contribution in [0.15, 0.2) is 48.6 Å². The minimum Gasteiger partial charge on any atom is -0.462 e. The number of ether oxygens (including phenoxy) is 2. The standard InChI is InChI=1S/C60H112NO8P/c1-6-8-10-12-14-16-18-20-22-24-26-28-29-30-31-33-34-36-38-40-42-44-46-48-50-52-59(62)66-56-58(57-68-70(64,65)67-55-54-61(3,4)5)69-60(63)53-51-49-47-45-43-41-39-37-35-32-27-25-23-21-19-17-15-13-11-9-7-2/h19,21,24-27,35,37,58H,6-18,20,22-23,28-34,36,38-57H2,1-5H3/p+1/b21-19-,26-24-,27-25-,37-35-. The van der Waals surface area contributed by atoms with Gasteiger partial charge in [-0.25, -0.2) is 4.57 Å². The van der Waals surface area contributed by atoms with E-state index < -0.39 is 26.5 Å². The molecule has 1 N–H and O–H groups in total. The molecule has 0 aromatic carbocycles. The Morgan fingerprint density at radius 2 is 0.771 bits per heavy atom. The molecule has 9 nitrogen and oxygen atoms in total. The Hall–Kier alpha value is -2.03. The summed E-state index contributed by atoms with van der Waals surface area (Å²) in [7, 11) is 1.47. The maximum absolute atomic E-state index is 12.8. The molecule has 0 aliphatic heterocycles. The fourth-order valence-electron chi connectivity index (χ4n) is 8.25. The third kappa shape index (κ3) is 55.3. The first kappa shape index (κ1) is 68.0. The van der Waals surface area contributed by atoms with Crippen molar-refractivity contribution in [3.8, 4) is 0 Å². The van der Waals surface area contributed by atoms with E-state index in [1.54, 1.807) is 0 Å². The van der Waals surface area contributed by atoms with Gasteiger partial charge in [-0.2, -0.15) is 0 Å². The number of unbranched alkanes of at least 4 members (excludes halogenated alkanes) is 32. The molecule has 410 valence electrons. The van der Waals surface area contributed by atoms with Crippen LogP contribution in [0, 0.1) is 0 Å². The Morgan fingerprint density at radius 1 is 0.443 bits per heavy atom. The summed E-state index contributed by atoms with van der Waals surface area (Å²) < 4.78 is 34.6. The van der Waals surface area contributed by atoms with Crippen LogP contribution in [0.4, 0.5) is 0 Å². The number of hydrogen-bond acceptors (Lipinski definition) is 7. The first-order valence-corrected chi connectivity index (χ1v) is 30.9. The number of phosphoric ester groups is 1. The lowest BCUT2D eigenvalue weighted by atomic mass is 10.0. The highest BCUT2D eigenvalue weighted by atomic mass is 31.2. The first-order chi connectivity index (χ1) is 34.0. The van der Waals surface area contributed by atoms with Crippen molar-refractivity contribution in [1.82, 2.24) is 0 Å². The van der Waals surface area contributed by atoms with Crippen molar-refractivity contribution in [3.05, 3.63) is 48.6 Å². The van der Waals surface area contributed by atoms with Crippen LogP contribution in [0.3, 0.4) is 0 Å². The van der Waals surface area contributed by atoms with Crippen molar-refractivity contribution in [2.75, 3.05) is 47.5 Å². The molecule has 2 unspecified atom stereocenters. The van der Waals surface area contributed by atoms with Crippen molar-refractivity contribution < 1.29 is 42.1 Å². The van der Waals surface area contributed by atoms with Crippen molar-refractivity contribution >= 4 is 19.8 Å². The number of allylic oxidation sites excluding steroid dienone is 8. The van der Waals surface area contributed by atoms with Gasteiger partial charge < -0.3 is 18.9 Å². The summed E-state index contributed by atoms with van der Waals surface area (Å²) in [5.74, 6) is -0.804. The van der Waals surface area contributed by atoms with Crippen LogP contribution in [-0.2, 0) is 32.7 Å². The highest BCUT2D eigenvalue weighted by Gasteiger charge is 2.27. The number of nitrogens with zero attached hydrogens (tertiary/aromatic N) is 1. The predicted octanol–water partition coefficient (Wildman–Crippen LogP) is 18.1. The molecular formula is C60H113NO8P+. The maximum atomic E-state index is 12.8. The molecule has 0 aromatic heterocycles. The van der Waals surface area contributed by atoms with E-state index in [0.29, 0.717) is 17.4 Å². The molecule has 0 aromatic rings. The number of quaternary nitrogens is 1. The number of rotatable bonds is 54. The van der Waals surface area contributed by atoms with Crippen LogP contribution in [0.25, 0.3) is 0 Å². The summed E-state index contributed by atoms with van der Waals surface area (Å²) in [6.45, 7) is 4.44. The van der Waals surface area contributed by atoms with Crippen molar-refractivity contribution in [2.24, 2.45) is 0 Å². The highest BCUT2D eigenvalue weighted by Crippen LogP contribution is 2.43. The molecule has 10 heteroatoms. The topological polar surface area (TPSA) is 108 Å². The van der Waals surface area contributed by atoms with E-state index in [0.717, 1.165) is 70.6 Å². The Labute approximate surface area is 433 Å². The summed E-state index contributed by atoms with van der Waals surface area (Å²) in [6.07, 6.45) is 64.6. The molecule has 2 atom stereocenters. The van der Waals surface area contributed by atoms with Gasteiger partial charge in [0.1, 0.15) is 19.8 Å². The smallest absolute Gasteiger partial charge is 0.462 e. The van der Waals surface area contributed by atoms with Crippen LogP contribution in [0.2, 0.25) is 0 Å². The molecule has 0 amide bonds. The molecule has 0 saturated heterocycles. The van der Waals surface area contributed by atoms with Crippen molar-refractivity contribution in [2.45, 2.75) is 277 Å². The SMILES string of the molecule is CCCCCCC/C=C\C/C=C\C/C=C\CCCCCCCCC(=O)OC(COC(=O)CCCCCCCCCCCCCCC/C=C\CCCCCCCCCC)COP(=O)(O)OCC[N+](C)(C)C. The molecule has 0 radical (unpaired) electrons.